The van der Waals surface area contributed by atoms with Crippen molar-refractivity contribution in [3.05, 3.63) is 0 Å². The molecule has 0 aromatic carbocycles. The summed E-state index contributed by atoms with van der Waals surface area (Å²) in [5, 5.41) is 0. The first-order chi connectivity index (χ1) is 7.88. The summed E-state index contributed by atoms with van der Waals surface area (Å²) in [6.07, 6.45) is -1.42. The largest absolute Gasteiger partial charge is 0.465 e. The number of carbonyl (C=O) groups excluding carboxylic acids is 1. The third kappa shape index (κ3) is 5.91. The van der Waals surface area contributed by atoms with Gasteiger partial charge in [-0.25, -0.2) is 4.79 Å². The molecule has 0 aliphatic rings. The number of ether oxygens (including phenoxy) is 3. The Morgan fingerprint density at radius 3 is 2.12 bits per heavy atom. The van der Waals surface area contributed by atoms with Crippen molar-refractivity contribution < 1.29 is 27.8 Å². The molecule has 0 aliphatic heterocycles. The first kappa shape index (κ1) is 17.0. The SMILES string of the molecule is CCOC(OCC)C(I)CC(F)(F)C(=O)OC. The van der Waals surface area contributed by atoms with Gasteiger partial charge >= 0.3 is 11.9 Å². The van der Waals surface area contributed by atoms with E-state index in [0.717, 1.165) is 7.11 Å². The molecule has 1 atom stereocenters. The van der Waals surface area contributed by atoms with Crippen molar-refractivity contribution >= 4 is 28.6 Å². The van der Waals surface area contributed by atoms with E-state index in [4.69, 9.17) is 9.47 Å². The molecule has 1 unspecified atom stereocenters. The van der Waals surface area contributed by atoms with Gasteiger partial charge in [0.15, 0.2) is 6.29 Å². The monoisotopic (exact) mass is 366 g/mol. The van der Waals surface area contributed by atoms with Crippen LogP contribution in [0.4, 0.5) is 8.78 Å². The smallest absolute Gasteiger partial charge is 0.376 e. The number of rotatable bonds is 8. The van der Waals surface area contributed by atoms with Gasteiger partial charge in [-0.3, -0.25) is 0 Å². The van der Waals surface area contributed by atoms with Gasteiger partial charge in [0, 0.05) is 19.6 Å². The Kier molecular flexibility index (Phi) is 8.14. The normalized spacial score (nSPS) is 13.8. The number of halogens is 3. The number of hydrogen-bond donors (Lipinski definition) is 0. The highest BCUT2D eigenvalue weighted by Gasteiger charge is 2.43. The second-order valence-corrected chi connectivity index (χ2v) is 4.80. The average Bonchev–Trinajstić information content (AvgIpc) is 2.26. The molecule has 0 radical (unpaired) electrons. The highest BCUT2D eigenvalue weighted by molar-refractivity contribution is 14.1. The van der Waals surface area contributed by atoms with Gasteiger partial charge in [0.1, 0.15) is 0 Å². The van der Waals surface area contributed by atoms with Crippen LogP contribution in [0.1, 0.15) is 20.3 Å². The Bertz CT molecular complexity index is 232. The fourth-order valence-corrected chi connectivity index (χ4v) is 2.13. The van der Waals surface area contributed by atoms with Gasteiger partial charge < -0.3 is 14.2 Å². The number of esters is 1. The maximum atomic E-state index is 13.3. The van der Waals surface area contributed by atoms with Crippen molar-refractivity contribution in [2.75, 3.05) is 20.3 Å². The standard InChI is InChI=1S/C10H17F2IO4/c1-4-16-8(17-5-2)7(13)6-10(11,12)9(14)15-3/h7-8H,4-6H2,1-3H3. The van der Waals surface area contributed by atoms with Gasteiger partial charge in [0.2, 0.25) is 0 Å². The van der Waals surface area contributed by atoms with Gasteiger partial charge in [-0.05, 0) is 13.8 Å². The fraction of sp³-hybridized carbons (Fsp3) is 0.900. The molecule has 0 aliphatic carbocycles. The lowest BCUT2D eigenvalue weighted by atomic mass is 10.2. The molecule has 4 nitrogen and oxygen atoms in total. The summed E-state index contributed by atoms with van der Waals surface area (Å²) in [5.41, 5.74) is 0. The molecule has 0 aromatic rings. The number of methoxy groups -OCH3 is 1. The van der Waals surface area contributed by atoms with Crippen molar-refractivity contribution in [1.82, 2.24) is 0 Å². The van der Waals surface area contributed by atoms with Crippen LogP contribution in [0, 0.1) is 0 Å². The molecule has 0 amide bonds. The Hall–Kier alpha value is -0.0200. The van der Waals surface area contributed by atoms with Crippen molar-refractivity contribution in [2.24, 2.45) is 0 Å². The predicted molar refractivity (Wildman–Crippen MR) is 66.4 cm³/mol. The molecule has 0 bridgehead atoms. The highest BCUT2D eigenvalue weighted by atomic mass is 127. The highest BCUT2D eigenvalue weighted by Crippen LogP contribution is 2.28. The average molecular weight is 366 g/mol. The van der Waals surface area contributed by atoms with Gasteiger partial charge in [0.25, 0.3) is 0 Å². The van der Waals surface area contributed by atoms with E-state index in [-0.39, 0.29) is 0 Å². The predicted octanol–water partition coefficient (Wildman–Crippen LogP) is 2.39. The second kappa shape index (κ2) is 8.15. The molecular formula is C10H17F2IO4. The minimum Gasteiger partial charge on any atom is -0.465 e. The Morgan fingerprint density at radius 2 is 1.76 bits per heavy atom. The number of alkyl halides is 3. The van der Waals surface area contributed by atoms with Gasteiger partial charge in [-0.15, -0.1) is 0 Å². The Balaban J connectivity index is 4.46. The van der Waals surface area contributed by atoms with Crippen molar-refractivity contribution in [3.8, 4) is 0 Å². The zero-order chi connectivity index (χ0) is 13.5. The van der Waals surface area contributed by atoms with Gasteiger partial charge in [-0.2, -0.15) is 8.78 Å². The molecule has 17 heavy (non-hydrogen) atoms. The van der Waals surface area contributed by atoms with E-state index in [9.17, 15) is 13.6 Å². The van der Waals surface area contributed by atoms with Crippen molar-refractivity contribution in [3.63, 3.8) is 0 Å². The van der Waals surface area contributed by atoms with E-state index in [1.54, 1.807) is 36.4 Å². The maximum Gasteiger partial charge on any atom is 0.376 e. The minimum absolute atomic E-state index is 0.355. The topological polar surface area (TPSA) is 44.8 Å². The van der Waals surface area contributed by atoms with Crippen molar-refractivity contribution in [2.45, 2.75) is 36.4 Å². The lowest BCUT2D eigenvalue weighted by Crippen LogP contribution is -2.38. The third-order valence-electron chi connectivity index (χ3n) is 1.89. The molecule has 0 heterocycles. The lowest BCUT2D eigenvalue weighted by molar-refractivity contribution is -0.175. The number of hydrogen-bond acceptors (Lipinski definition) is 4. The van der Waals surface area contributed by atoms with E-state index in [0.29, 0.717) is 13.2 Å². The Morgan fingerprint density at radius 1 is 1.29 bits per heavy atom. The summed E-state index contributed by atoms with van der Waals surface area (Å²) in [4.78, 5) is 10.9. The zero-order valence-electron chi connectivity index (χ0n) is 10.0. The molecule has 7 heteroatoms. The summed E-state index contributed by atoms with van der Waals surface area (Å²) in [5.74, 6) is -5.06. The molecule has 0 aromatic heterocycles. The summed E-state index contributed by atoms with van der Waals surface area (Å²) in [7, 11) is 0.932. The van der Waals surface area contributed by atoms with Crippen molar-refractivity contribution in [1.29, 1.82) is 0 Å². The summed E-state index contributed by atoms with van der Waals surface area (Å²) in [6, 6.07) is 0. The molecule has 0 saturated carbocycles. The van der Waals surface area contributed by atoms with Crippen LogP contribution < -0.4 is 0 Å². The molecule has 0 spiro atoms. The van der Waals surface area contributed by atoms with E-state index in [1.165, 1.54) is 0 Å². The van der Waals surface area contributed by atoms with Gasteiger partial charge in [-0.1, -0.05) is 22.6 Å². The first-order valence-electron chi connectivity index (χ1n) is 5.22. The second-order valence-electron chi connectivity index (χ2n) is 3.20. The van der Waals surface area contributed by atoms with E-state index in [2.05, 4.69) is 4.74 Å². The molecule has 0 saturated heterocycles. The molecule has 0 rings (SSSR count). The lowest BCUT2D eigenvalue weighted by Gasteiger charge is -2.24. The summed E-state index contributed by atoms with van der Waals surface area (Å²) >= 11 is 1.79. The van der Waals surface area contributed by atoms with Crippen LogP contribution in [0.2, 0.25) is 0 Å². The molecule has 0 fully saturated rings. The first-order valence-corrected chi connectivity index (χ1v) is 6.47. The molecule has 102 valence electrons. The van der Waals surface area contributed by atoms with Crippen LogP contribution in [-0.2, 0) is 19.0 Å². The van der Waals surface area contributed by atoms with E-state index in [1.807, 2.05) is 0 Å². The number of carbonyl (C=O) groups is 1. The van der Waals surface area contributed by atoms with Crippen LogP contribution >= 0.6 is 22.6 Å². The fourth-order valence-electron chi connectivity index (χ4n) is 1.16. The van der Waals surface area contributed by atoms with Crippen LogP contribution in [0.5, 0.6) is 0 Å². The van der Waals surface area contributed by atoms with Crippen LogP contribution in [0.25, 0.3) is 0 Å². The molecular weight excluding hydrogens is 349 g/mol. The zero-order valence-corrected chi connectivity index (χ0v) is 12.2. The van der Waals surface area contributed by atoms with Crippen LogP contribution in [-0.4, -0.2) is 42.4 Å². The summed E-state index contributed by atoms with van der Waals surface area (Å²) < 4.78 is 40.4. The molecule has 0 N–H and O–H groups in total. The third-order valence-corrected chi connectivity index (χ3v) is 2.92. The van der Waals surface area contributed by atoms with Gasteiger partial charge in [0.05, 0.1) is 11.0 Å². The van der Waals surface area contributed by atoms with E-state index < -0.39 is 28.5 Å². The van der Waals surface area contributed by atoms with E-state index >= 15 is 0 Å². The quantitative estimate of drug-likeness (QED) is 0.286. The Labute approximate surface area is 113 Å². The maximum absolute atomic E-state index is 13.3. The van der Waals surface area contributed by atoms with Crippen LogP contribution in [0.15, 0.2) is 0 Å². The summed E-state index contributed by atoms with van der Waals surface area (Å²) in [6.45, 7) is 4.20. The van der Waals surface area contributed by atoms with Crippen LogP contribution in [0.3, 0.4) is 0 Å². The minimum atomic E-state index is -3.52.